The van der Waals surface area contributed by atoms with Gasteiger partial charge in [0.15, 0.2) is 5.65 Å². The zero-order valence-electron chi connectivity index (χ0n) is 8.59. The standard InChI is InChI=1S/C10H9IN4S/c1-6-2-3-9-12-7(4-15(9)14-6)10-13-8(11)5-16-10/h2-4,8H,5H2,1H3/t8-/m0/s1. The molecule has 1 aliphatic rings. The fourth-order valence-corrected chi connectivity index (χ4v) is 3.40. The normalized spacial score (nSPS) is 20.4. The van der Waals surface area contributed by atoms with E-state index >= 15 is 0 Å². The first kappa shape index (κ1) is 10.5. The lowest BCUT2D eigenvalue weighted by atomic mass is 10.4. The van der Waals surface area contributed by atoms with E-state index in [-0.39, 0.29) is 0 Å². The molecule has 6 heteroatoms. The molecule has 2 aromatic rings. The number of imidazole rings is 1. The monoisotopic (exact) mass is 344 g/mol. The molecular weight excluding hydrogens is 335 g/mol. The zero-order chi connectivity index (χ0) is 11.1. The predicted molar refractivity (Wildman–Crippen MR) is 74.5 cm³/mol. The van der Waals surface area contributed by atoms with E-state index in [0.29, 0.717) is 4.05 Å². The Morgan fingerprint density at radius 3 is 3.12 bits per heavy atom. The van der Waals surface area contributed by atoms with Gasteiger partial charge < -0.3 is 0 Å². The molecule has 0 fully saturated rings. The van der Waals surface area contributed by atoms with Gasteiger partial charge in [0.1, 0.15) is 14.8 Å². The second kappa shape index (κ2) is 3.99. The maximum Gasteiger partial charge on any atom is 0.154 e. The van der Waals surface area contributed by atoms with Gasteiger partial charge in [-0.05, 0) is 19.1 Å². The third-order valence-corrected chi connectivity index (χ3v) is 4.67. The highest BCUT2D eigenvalue weighted by Gasteiger charge is 2.19. The molecule has 3 rings (SSSR count). The number of thioether (sulfide) groups is 1. The first-order valence-electron chi connectivity index (χ1n) is 4.90. The number of hydrogen-bond donors (Lipinski definition) is 0. The van der Waals surface area contributed by atoms with Crippen molar-refractivity contribution in [2.24, 2.45) is 4.99 Å². The summed E-state index contributed by atoms with van der Waals surface area (Å²) in [5.41, 5.74) is 2.80. The molecular formula is C10H9IN4S. The highest BCUT2D eigenvalue weighted by Crippen LogP contribution is 2.26. The van der Waals surface area contributed by atoms with Crippen molar-refractivity contribution >= 4 is 45.0 Å². The van der Waals surface area contributed by atoms with Crippen LogP contribution in [0.1, 0.15) is 11.4 Å². The first-order valence-corrected chi connectivity index (χ1v) is 7.13. The van der Waals surface area contributed by atoms with Crippen molar-refractivity contribution in [2.75, 3.05) is 5.75 Å². The van der Waals surface area contributed by atoms with Crippen molar-refractivity contribution < 1.29 is 0 Å². The fraction of sp³-hybridized carbons (Fsp3) is 0.300. The Morgan fingerprint density at radius 1 is 1.50 bits per heavy atom. The molecule has 0 radical (unpaired) electrons. The van der Waals surface area contributed by atoms with Crippen molar-refractivity contribution in [1.29, 1.82) is 0 Å². The van der Waals surface area contributed by atoms with E-state index in [9.17, 15) is 0 Å². The van der Waals surface area contributed by atoms with E-state index in [0.717, 1.165) is 27.8 Å². The largest absolute Gasteiger partial charge is 0.261 e. The average molecular weight is 344 g/mol. The Hall–Kier alpha value is -0.630. The summed E-state index contributed by atoms with van der Waals surface area (Å²) in [4.78, 5) is 9.05. The Balaban J connectivity index is 2.09. The third kappa shape index (κ3) is 1.84. The van der Waals surface area contributed by atoms with Crippen LogP contribution in [0.5, 0.6) is 0 Å². The number of alkyl halides is 1. The quantitative estimate of drug-likeness (QED) is 0.453. The van der Waals surface area contributed by atoms with E-state index in [4.69, 9.17) is 0 Å². The Kier molecular flexibility index (Phi) is 2.62. The second-order valence-electron chi connectivity index (χ2n) is 3.58. The summed E-state index contributed by atoms with van der Waals surface area (Å²) >= 11 is 4.10. The molecule has 0 bridgehead atoms. The summed E-state index contributed by atoms with van der Waals surface area (Å²) in [6, 6.07) is 3.95. The topological polar surface area (TPSA) is 42.5 Å². The maximum absolute atomic E-state index is 4.54. The van der Waals surface area contributed by atoms with Gasteiger partial charge in [-0.3, -0.25) is 4.99 Å². The molecule has 0 saturated heterocycles. The molecule has 4 nitrogen and oxygen atoms in total. The molecule has 0 saturated carbocycles. The number of halogens is 1. The number of aliphatic imine (C=N–C) groups is 1. The van der Waals surface area contributed by atoms with Crippen molar-refractivity contribution in [3.05, 3.63) is 29.7 Å². The number of aryl methyl sites for hydroxylation is 1. The van der Waals surface area contributed by atoms with Crippen LogP contribution < -0.4 is 0 Å². The second-order valence-corrected chi connectivity index (χ2v) is 6.03. The first-order chi connectivity index (χ1) is 7.72. The van der Waals surface area contributed by atoms with Gasteiger partial charge in [0.25, 0.3) is 0 Å². The van der Waals surface area contributed by atoms with E-state index in [2.05, 4.69) is 37.7 Å². The van der Waals surface area contributed by atoms with Crippen molar-refractivity contribution in [2.45, 2.75) is 11.0 Å². The van der Waals surface area contributed by atoms with Gasteiger partial charge in [-0.2, -0.15) is 5.10 Å². The summed E-state index contributed by atoms with van der Waals surface area (Å²) in [6.45, 7) is 1.97. The minimum absolute atomic E-state index is 0.372. The molecule has 0 amide bonds. The van der Waals surface area contributed by atoms with Crippen LogP contribution in [-0.4, -0.2) is 29.4 Å². The van der Waals surface area contributed by atoms with Crippen LogP contribution in [0.2, 0.25) is 0 Å². The van der Waals surface area contributed by atoms with Crippen LogP contribution in [0.3, 0.4) is 0 Å². The van der Waals surface area contributed by atoms with Crippen LogP contribution in [0.25, 0.3) is 5.65 Å². The van der Waals surface area contributed by atoms with Crippen molar-refractivity contribution in [3.63, 3.8) is 0 Å². The SMILES string of the molecule is Cc1ccc2nc(C3=N[C@H](I)CS3)cn2n1. The summed E-state index contributed by atoms with van der Waals surface area (Å²) < 4.78 is 2.19. The Morgan fingerprint density at radius 2 is 2.38 bits per heavy atom. The van der Waals surface area contributed by atoms with Gasteiger partial charge in [-0.15, -0.1) is 11.8 Å². The van der Waals surface area contributed by atoms with Gasteiger partial charge >= 0.3 is 0 Å². The number of nitrogens with zero attached hydrogens (tertiary/aromatic N) is 4. The molecule has 0 aromatic carbocycles. The molecule has 2 aromatic heterocycles. The smallest absolute Gasteiger partial charge is 0.154 e. The number of fused-ring (bicyclic) bond motifs is 1. The number of hydrogen-bond acceptors (Lipinski definition) is 4. The number of aromatic nitrogens is 3. The van der Waals surface area contributed by atoms with E-state index in [1.165, 1.54) is 0 Å². The molecule has 3 heterocycles. The lowest BCUT2D eigenvalue weighted by Crippen LogP contribution is -1.92. The lowest BCUT2D eigenvalue weighted by molar-refractivity contribution is 0.901. The van der Waals surface area contributed by atoms with Crippen LogP contribution in [-0.2, 0) is 0 Å². The van der Waals surface area contributed by atoms with Crippen LogP contribution in [0, 0.1) is 6.92 Å². The van der Waals surface area contributed by atoms with Gasteiger partial charge in [-0.1, -0.05) is 22.6 Å². The summed E-state index contributed by atoms with van der Waals surface area (Å²) in [5, 5.41) is 5.40. The Bertz CT molecular complexity index is 577. The van der Waals surface area contributed by atoms with E-state index < -0.39 is 0 Å². The number of rotatable bonds is 1. The van der Waals surface area contributed by atoms with E-state index in [1.54, 1.807) is 11.8 Å². The fourth-order valence-electron chi connectivity index (χ4n) is 1.57. The van der Waals surface area contributed by atoms with Gasteiger partial charge in [0.2, 0.25) is 0 Å². The zero-order valence-corrected chi connectivity index (χ0v) is 11.6. The molecule has 0 aliphatic carbocycles. The molecule has 0 spiro atoms. The predicted octanol–water partition coefficient (Wildman–Crippen LogP) is 2.29. The minimum Gasteiger partial charge on any atom is -0.261 e. The van der Waals surface area contributed by atoms with Crippen LogP contribution in [0.4, 0.5) is 0 Å². The highest BCUT2D eigenvalue weighted by molar-refractivity contribution is 14.1. The molecule has 1 atom stereocenters. The molecule has 1 aliphatic heterocycles. The molecule has 16 heavy (non-hydrogen) atoms. The van der Waals surface area contributed by atoms with Gasteiger partial charge in [0, 0.05) is 5.75 Å². The molecule has 0 N–H and O–H groups in total. The summed E-state index contributed by atoms with van der Waals surface area (Å²) in [5.74, 6) is 1.04. The van der Waals surface area contributed by atoms with Crippen molar-refractivity contribution in [1.82, 2.24) is 14.6 Å². The highest BCUT2D eigenvalue weighted by atomic mass is 127. The summed E-state index contributed by atoms with van der Waals surface area (Å²) in [7, 11) is 0. The van der Waals surface area contributed by atoms with E-state index in [1.807, 2.05) is 29.8 Å². The van der Waals surface area contributed by atoms with Gasteiger partial charge in [0.05, 0.1) is 11.9 Å². The molecule has 82 valence electrons. The van der Waals surface area contributed by atoms with Crippen LogP contribution >= 0.6 is 34.4 Å². The Labute approximate surface area is 111 Å². The lowest BCUT2D eigenvalue weighted by Gasteiger charge is -1.91. The third-order valence-electron chi connectivity index (χ3n) is 2.29. The summed E-state index contributed by atoms with van der Waals surface area (Å²) in [6.07, 6.45) is 1.95. The maximum atomic E-state index is 4.54. The van der Waals surface area contributed by atoms with Crippen molar-refractivity contribution in [3.8, 4) is 0 Å². The average Bonchev–Trinajstić information content (AvgIpc) is 2.83. The minimum atomic E-state index is 0.372. The molecule has 0 unspecified atom stereocenters. The van der Waals surface area contributed by atoms with Gasteiger partial charge in [-0.25, -0.2) is 9.50 Å². The van der Waals surface area contributed by atoms with Crippen LogP contribution in [0.15, 0.2) is 23.3 Å².